The highest BCUT2D eigenvalue weighted by molar-refractivity contribution is 5.82. The molecule has 244 valence electrons. The molecule has 3 amide bonds. The Bertz CT molecular complexity index is 1320. The first-order valence-electron chi connectivity index (χ1n) is 16.9. The van der Waals surface area contributed by atoms with Gasteiger partial charge in [-0.3, -0.25) is 14.4 Å². The SMILES string of the molecule is CC(=O)N1CCCC1c1cc(CCC(=O)NCCN2CCC3(CCCCCc4ccccc4OCCNC3=O)CC2)nc(C)n1. The molecule has 1 aromatic heterocycles. The predicted molar refractivity (Wildman–Crippen MR) is 173 cm³/mol. The summed E-state index contributed by atoms with van der Waals surface area (Å²) in [6.07, 6.45) is 9.62. The summed E-state index contributed by atoms with van der Waals surface area (Å²) in [5.41, 5.74) is 2.64. The Hall–Kier alpha value is -3.53. The molecule has 2 aromatic rings. The fraction of sp³-hybridized carbons (Fsp3) is 0.629. The van der Waals surface area contributed by atoms with Crippen LogP contribution >= 0.6 is 0 Å². The monoisotopic (exact) mass is 618 g/mol. The number of para-hydroxylation sites is 1. The molecule has 45 heavy (non-hydrogen) atoms. The van der Waals surface area contributed by atoms with Crippen LogP contribution in [-0.4, -0.2) is 83.4 Å². The number of hydrogen-bond acceptors (Lipinski definition) is 7. The Morgan fingerprint density at radius 2 is 1.89 bits per heavy atom. The number of nitrogens with zero attached hydrogens (tertiary/aromatic N) is 4. The second-order valence-corrected chi connectivity index (χ2v) is 12.9. The zero-order valence-corrected chi connectivity index (χ0v) is 27.1. The molecule has 0 bridgehead atoms. The number of nitrogens with one attached hydrogen (secondary N) is 2. The summed E-state index contributed by atoms with van der Waals surface area (Å²) in [4.78, 5) is 51.6. The summed E-state index contributed by atoms with van der Waals surface area (Å²) < 4.78 is 6.01. The number of amides is 3. The standard InChI is InChI=1S/C35H50N6O4/c1-26-38-29(25-30(39-26)31-11-8-20-41(31)27(2)42)13-14-33(43)36-18-23-40-21-16-35(17-22-40)15-7-3-4-9-28-10-5-6-12-32(28)45-24-19-37-34(35)44/h5-6,10,12,25,31H,3-4,7-9,11,13-24H2,1-2H3,(H,36,43)(H,37,44). The molecular weight excluding hydrogens is 568 g/mol. The summed E-state index contributed by atoms with van der Waals surface area (Å²) in [5, 5.41) is 6.25. The molecule has 3 aliphatic rings. The molecule has 2 fully saturated rings. The highest BCUT2D eigenvalue weighted by Gasteiger charge is 2.40. The quantitative estimate of drug-likeness (QED) is 0.483. The van der Waals surface area contributed by atoms with E-state index in [2.05, 4.69) is 37.6 Å². The normalized spacial score (nSPS) is 21.1. The van der Waals surface area contributed by atoms with Crippen molar-refractivity contribution in [1.29, 1.82) is 0 Å². The molecule has 4 heterocycles. The van der Waals surface area contributed by atoms with Crippen LogP contribution in [0, 0.1) is 12.3 Å². The number of hydrogen-bond donors (Lipinski definition) is 2. The number of benzene rings is 1. The number of likely N-dealkylation sites (tertiary alicyclic amines) is 2. The van der Waals surface area contributed by atoms with Crippen LogP contribution < -0.4 is 15.4 Å². The molecule has 0 aliphatic carbocycles. The summed E-state index contributed by atoms with van der Waals surface area (Å²) in [6.45, 7) is 8.28. The zero-order valence-electron chi connectivity index (χ0n) is 27.1. The Balaban J connectivity index is 1.05. The number of carbonyl (C=O) groups is 3. The van der Waals surface area contributed by atoms with E-state index in [-0.39, 0.29) is 29.2 Å². The van der Waals surface area contributed by atoms with Gasteiger partial charge >= 0.3 is 0 Å². The van der Waals surface area contributed by atoms with Crippen LogP contribution in [0.5, 0.6) is 5.75 Å². The minimum atomic E-state index is -0.324. The predicted octanol–water partition coefficient (Wildman–Crippen LogP) is 3.91. The third-order valence-electron chi connectivity index (χ3n) is 9.78. The van der Waals surface area contributed by atoms with E-state index in [0.29, 0.717) is 38.4 Å². The molecule has 2 saturated heterocycles. The van der Waals surface area contributed by atoms with Crippen molar-refractivity contribution in [2.75, 3.05) is 45.9 Å². The number of ether oxygens (including phenoxy) is 1. The topological polar surface area (TPSA) is 117 Å². The molecular formula is C35H50N6O4. The largest absolute Gasteiger partial charge is 0.491 e. The first-order chi connectivity index (χ1) is 21.8. The average molecular weight is 619 g/mol. The lowest BCUT2D eigenvalue weighted by Gasteiger charge is -2.41. The minimum Gasteiger partial charge on any atom is -0.491 e. The number of piperidine rings is 1. The van der Waals surface area contributed by atoms with Crippen molar-refractivity contribution < 1.29 is 19.1 Å². The van der Waals surface area contributed by atoms with Gasteiger partial charge in [0, 0.05) is 38.7 Å². The highest BCUT2D eigenvalue weighted by Crippen LogP contribution is 2.37. The lowest BCUT2D eigenvalue weighted by molar-refractivity contribution is -0.134. The number of rotatable bonds is 7. The molecule has 1 aromatic carbocycles. The lowest BCUT2D eigenvalue weighted by atomic mass is 9.73. The van der Waals surface area contributed by atoms with Crippen molar-refractivity contribution in [3.05, 3.63) is 53.1 Å². The van der Waals surface area contributed by atoms with Gasteiger partial charge in [-0.05, 0) is 89.1 Å². The Labute approximate surface area is 267 Å². The maximum absolute atomic E-state index is 13.4. The number of carbonyl (C=O) groups excluding carboxylic acids is 3. The summed E-state index contributed by atoms with van der Waals surface area (Å²) >= 11 is 0. The fourth-order valence-electron chi connectivity index (χ4n) is 7.20. The van der Waals surface area contributed by atoms with Crippen molar-refractivity contribution in [3.63, 3.8) is 0 Å². The van der Waals surface area contributed by atoms with Crippen molar-refractivity contribution in [2.45, 2.75) is 90.5 Å². The molecule has 3 aliphatic heterocycles. The van der Waals surface area contributed by atoms with Crippen LogP contribution in [0.15, 0.2) is 30.3 Å². The van der Waals surface area contributed by atoms with Gasteiger partial charge in [-0.15, -0.1) is 0 Å². The first kappa shape index (κ1) is 32.9. The van der Waals surface area contributed by atoms with Gasteiger partial charge in [0.05, 0.1) is 23.7 Å². The van der Waals surface area contributed by atoms with Crippen LogP contribution in [0.1, 0.15) is 93.5 Å². The molecule has 0 saturated carbocycles. The summed E-state index contributed by atoms with van der Waals surface area (Å²) in [5.74, 6) is 1.84. The van der Waals surface area contributed by atoms with Crippen LogP contribution in [0.3, 0.4) is 0 Å². The van der Waals surface area contributed by atoms with Gasteiger partial charge < -0.3 is 25.2 Å². The van der Waals surface area contributed by atoms with Gasteiger partial charge in [-0.25, -0.2) is 9.97 Å². The second-order valence-electron chi connectivity index (χ2n) is 12.9. The lowest BCUT2D eigenvalue weighted by Crippen LogP contribution is -2.50. The van der Waals surface area contributed by atoms with E-state index in [0.717, 1.165) is 101 Å². The van der Waals surface area contributed by atoms with Crippen molar-refractivity contribution in [1.82, 2.24) is 30.4 Å². The third-order valence-corrected chi connectivity index (χ3v) is 9.78. The van der Waals surface area contributed by atoms with E-state index < -0.39 is 0 Å². The van der Waals surface area contributed by atoms with E-state index in [4.69, 9.17) is 4.74 Å². The Kier molecular flexibility index (Phi) is 11.4. The van der Waals surface area contributed by atoms with Crippen molar-refractivity contribution in [2.24, 2.45) is 5.41 Å². The molecule has 1 atom stereocenters. The maximum atomic E-state index is 13.4. The Morgan fingerprint density at radius 3 is 2.71 bits per heavy atom. The Morgan fingerprint density at radius 1 is 1.07 bits per heavy atom. The van der Waals surface area contributed by atoms with E-state index in [1.54, 1.807) is 6.92 Å². The number of aromatic nitrogens is 2. The van der Waals surface area contributed by atoms with Crippen LogP contribution in [0.2, 0.25) is 0 Å². The molecule has 1 spiro atoms. The minimum absolute atomic E-state index is 0.00602. The molecule has 10 heteroatoms. The molecule has 5 rings (SSSR count). The van der Waals surface area contributed by atoms with Gasteiger partial charge in [0.1, 0.15) is 18.2 Å². The van der Waals surface area contributed by atoms with Gasteiger partial charge in [0.15, 0.2) is 0 Å². The van der Waals surface area contributed by atoms with Gasteiger partial charge in [-0.1, -0.05) is 31.0 Å². The van der Waals surface area contributed by atoms with Crippen LogP contribution in [0.25, 0.3) is 0 Å². The van der Waals surface area contributed by atoms with Gasteiger partial charge in [0.2, 0.25) is 17.7 Å². The fourth-order valence-corrected chi connectivity index (χ4v) is 7.20. The van der Waals surface area contributed by atoms with E-state index in [1.807, 2.05) is 30.0 Å². The number of aryl methyl sites for hydroxylation is 3. The van der Waals surface area contributed by atoms with E-state index in [1.165, 1.54) is 5.56 Å². The number of fused-ring (bicyclic) bond motifs is 1. The second kappa shape index (κ2) is 15.7. The highest BCUT2D eigenvalue weighted by atomic mass is 16.5. The van der Waals surface area contributed by atoms with Gasteiger partial charge in [-0.2, -0.15) is 0 Å². The molecule has 1 unspecified atom stereocenters. The first-order valence-corrected chi connectivity index (χ1v) is 16.9. The van der Waals surface area contributed by atoms with Crippen molar-refractivity contribution >= 4 is 17.7 Å². The smallest absolute Gasteiger partial charge is 0.226 e. The molecule has 0 radical (unpaired) electrons. The maximum Gasteiger partial charge on any atom is 0.226 e. The van der Waals surface area contributed by atoms with Gasteiger partial charge in [0.25, 0.3) is 0 Å². The summed E-state index contributed by atoms with van der Waals surface area (Å²) in [6, 6.07) is 10.2. The van der Waals surface area contributed by atoms with E-state index in [9.17, 15) is 14.4 Å². The summed E-state index contributed by atoms with van der Waals surface area (Å²) in [7, 11) is 0. The average Bonchev–Trinajstić information content (AvgIpc) is 3.54. The zero-order chi connectivity index (χ0) is 31.6. The van der Waals surface area contributed by atoms with Crippen LogP contribution in [-0.2, 0) is 27.2 Å². The van der Waals surface area contributed by atoms with Crippen molar-refractivity contribution in [3.8, 4) is 5.75 Å². The molecule has 2 N–H and O–H groups in total. The van der Waals surface area contributed by atoms with Crippen LogP contribution in [0.4, 0.5) is 0 Å². The van der Waals surface area contributed by atoms with E-state index >= 15 is 0 Å². The third kappa shape index (κ3) is 8.81. The molecule has 10 nitrogen and oxygen atoms in total.